The lowest BCUT2D eigenvalue weighted by molar-refractivity contribution is -0.131. The molecule has 2 aromatic carbocycles. The Bertz CT molecular complexity index is 1050. The van der Waals surface area contributed by atoms with Crippen LogP contribution in [0, 0.1) is 0 Å². The molecule has 1 aliphatic heterocycles. The first kappa shape index (κ1) is 20.2. The van der Waals surface area contributed by atoms with E-state index in [1.54, 1.807) is 11.0 Å². The molecule has 2 heterocycles. The molecule has 2 amide bonds. The molecule has 0 saturated carbocycles. The standard InChI is InChI=1S/C23H23ClN4O2/c24-19-9-5-4-8-17(19)14-21(29)28-13-11-20-18(15-28)22(27-26-20)23(30)25-12-10-16-6-2-1-3-7-16/h1-9H,10-15H2,(H,25,30)(H,26,27). The number of aromatic nitrogens is 2. The highest BCUT2D eigenvalue weighted by Crippen LogP contribution is 2.22. The van der Waals surface area contributed by atoms with Crippen LogP contribution in [0.4, 0.5) is 0 Å². The van der Waals surface area contributed by atoms with Crippen molar-refractivity contribution in [3.05, 3.63) is 87.7 Å². The Balaban J connectivity index is 1.38. The first-order valence-corrected chi connectivity index (χ1v) is 10.4. The van der Waals surface area contributed by atoms with E-state index in [0.29, 0.717) is 36.8 Å². The molecule has 6 nitrogen and oxygen atoms in total. The summed E-state index contributed by atoms with van der Waals surface area (Å²) in [6.45, 7) is 1.49. The number of halogens is 1. The van der Waals surface area contributed by atoms with Crippen LogP contribution in [0.5, 0.6) is 0 Å². The molecule has 30 heavy (non-hydrogen) atoms. The summed E-state index contributed by atoms with van der Waals surface area (Å²) in [7, 11) is 0. The van der Waals surface area contributed by atoms with Gasteiger partial charge in [-0.1, -0.05) is 60.1 Å². The van der Waals surface area contributed by atoms with Gasteiger partial charge in [-0.2, -0.15) is 5.10 Å². The number of nitrogens with one attached hydrogen (secondary N) is 2. The van der Waals surface area contributed by atoms with Crippen LogP contribution in [0.15, 0.2) is 54.6 Å². The third kappa shape index (κ3) is 4.54. The number of H-pyrrole nitrogens is 1. The van der Waals surface area contributed by atoms with Crippen LogP contribution in [-0.2, 0) is 30.6 Å². The number of amides is 2. The molecule has 0 spiro atoms. The number of hydrogen-bond acceptors (Lipinski definition) is 3. The number of benzene rings is 2. The van der Waals surface area contributed by atoms with Gasteiger partial charge in [0.05, 0.1) is 6.42 Å². The van der Waals surface area contributed by atoms with Crippen LogP contribution in [0.2, 0.25) is 5.02 Å². The van der Waals surface area contributed by atoms with Gasteiger partial charge in [-0.25, -0.2) is 0 Å². The third-order valence-corrected chi connectivity index (χ3v) is 5.71. The molecule has 7 heteroatoms. The average molecular weight is 423 g/mol. The maximum absolute atomic E-state index is 12.8. The normalized spacial score (nSPS) is 13.0. The number of fused-ring (bicyclic) bond motifs is 1. The smallest absolute Gasteiger partial charge is 0.272 e. The van der Waals surface area contributed by atoms with Crippen LogP contribution < -0.4 is 5.32 Å². The second-order valence-electron chi connectivity index (χ2n) is 7.35. The van der Waals surface area contributed by atoms with E-state index < -0.39 is 0 Å². The van der Waals surface area contributed by atoms with Crippen molar-refractivity contribution < 1.29 is 9.59 Å². The quantitative estimate of drug-likeness (QED) is 0.640. The minimum absolute atomic E-state index is 0.00890. The number of carbonyl (C=O) groups is 2. The largest absolute Gasteiger partial charge is 0.350 e. The minimum atomic E-state index is -0.219. The van der Waals surface area contributed by atoms with Gasteiger partial charge in [-0.05, 0) is 23.6 Å². The molecular formula is C23H23ClN4O2. The van der Waals surface area contributed by atoms with Gasteiger partial charge in [0.25, 0.3) is 5.91 Å². The fourth-order valence-corrected chi connectivity index (χ4v) is 3.86. The minimum Gasteiger partial charge on any atom is -0.350 e. The first-order chi connectivity index (χ1) is 14.6. The van der Waals surface area contributed by atoms with E-state index in [-0.39, 0.29) is 18.2 Å². The summed E-state index contributed by atoms with van der Waals surface area (Å²) in [6.07, 6.45) is 1.64. The topological polar surface area (TPSA) is 78.1 Å². The first-order valence-electron chi connectivity index (χ1n) is 10.0. The Morgan fingerprint density at radius 3 is 2.67 bits per heavy atom. The predicted octanol–water partition coefficient (Wildman–Crippen LogP) is 3.16. The number of aromatic amines is 1. The Kier molecular flexibility index (Phi) is 6.14. The molecular weight excluding hydrogens is 400 g/mol. The molecule has 0 atom stereocenters. The summed E-state index contributed by atoms with van der Waals surface area (Å²) < 4.78 is 0. The van der Waals surface area contributed by atoms with Crippen LogP contribution in [0.3, 0.4) is 0 Å². The Morgan fingerprint density at radius 1 is 1.10 bits per heavy atom. The van der Waals surface area contributed by atoms with Crippen LogP contribution in [-0.4, -0.2) is 40.0 Å². The molecule has 154 valence electrons. The van der Waals surface area contributed by atoms with Gasteiger partial charge in [0, 0.05) is 42.3 Å². The molecule has 0 aliphatic carbocycles. The summed E-state index contributed by atoms with van der Waals surface area (Å²) in [4.78, 5) is 27.2. The van der Waals surface area contributed by atoms with Crippen molar-refractivity contribution in [2.24, 2.45) is 0 Å². The molecule has 0 unspecified atom stereocenters. The predicted molar refractivity (Wildman–Crippen MR) is 115 cm³/mol. The van der Waals surface area contributed by atoms with Crippen LogP contribution in [0.25, 0.3) is 0 Å². The molecule has 0 fully saturated rings. The summed E-state index contributed by atoms with van der Waals surface area (Å²) in [6, 6.07) is 17.4. The van der Waals surface area contributed by atoms with Gasteiger partial charge in [0.15, 0.2) is 5.69 Å². The number of hydrogen-bond donors (Lipinski definition) is 2. The van der Waals surface area contributed by atoms with E-state index in [9.17, 15) is 9.59 Å². The van der Waals surface area contributed by atoms with E-state index in [4.69, 9.17) is 11.6 Å². The lowest BCUT2D eigenvalue weighted by atomic mass is 10.0. The molecule has 0 saturated heterocycles. The highest BCUT2D eigenvalue weighted by Gasteiger charge is 2.27. The third-order valence-electron chi connectivity index (χ3n) is 5.34. The molecule has 0 radical (unpaired) electrons. The van der Waals surface area contributed by atoms with E-state index >= 15 is 0 Å². The number of carbonyl (C=O) groups excluding carboxylic acids is 2. The summed E-state index contributed by atoms with van der Waals surface area (Å²) in [5.74, 6) is -0.228. The van der Waals surface area contributed by atoms with Crippen molar-refractivity contribution in [3.8, 4) is 0 Å². The number of nitrogens with zero attached hydrogens (tertiary/aromatic N) is 2. The zero-order chi connectivity index (χ0) is 20.9. The van der Waals surface area contributed by atoms with Crippen molar-refractivity contribution in [1.29, 1.82) is 0 Å². The average Bonchev–Trinajstić information content (AvgIpc) is 3.19. The van der Waals surface area contributed by atoms with Crippen molar-refractivity contribution in [2.75, 3.05) is 13.1 Å². The Morgan fingerprint density at radius 2 is 1.87 bits per heavy atom. The van der Waals surface area contributed by atoms with Crippen LogP contribution >= 0.6 is 11.6 Å². The SMILES string of the molecule is O=C(NCCc1ccccc1)c1n[nH]c2c1CN(C(=O)Cc1ccccc1Cl)CC2. The van der Waals surface area contributed by atoms with E-state index in [0.717, 1.165) is 23.2 Å². The van der Waals surface area contributed by atoms with Gasteiger partial charge >= 0.3 is 0 Å². The van der Waals surface area contributed by atoms with E-state index in [2.05, 4.69) is 15.5 Å². The van der Waals surface area contributed by atoms with Crippen molar-refractivity contribution in [2.45, 2.75) is 25.8 Å². The lowest BCUT2D eigenvalue weighted by Gasteiger charge is -2.27. The second kappa shape index (κ2) is 9.13. The van der Waals surface area contributed by atoms with Gasteiger partial charge in [0.1, 0.15) is 0 Å². The summed E-state index contributed by atoms with van der Waals surface area (Å²) in [5.41, 5.74) is 4.06. The second-order valence-corrected chi connectivity index (χ2v) is 7.76. The van der Waals surface area contributed by atoms with E-state index in [1.807, 2.05) is 48.5 Å². The Hall–Kier alpha value is -3.12. The molecule has 1 aromatic heterocycles. The molecule has 1 aliphatic rings. The highest BCUT2D eigenvalue weighted by molar-refractivity contribution is 6.31. The van der Waals surface area contributed by atoms with E-state index in [1.165, 1.54) is 5.56 Å². The van der Waals surface area contributed by atoms with Gasteiger partial charge in [-0.3, -0.25) is 14.7 Å². The molecule has 3 aromatic rings. The van der Waals surface area contributed by atoms with Crippen LogP contribution in [0.1, 0.15) is 32.9 Å². The molecule has 2 N–H and O–H groups in total. The summed E-state index contributed by atoms with van der Waals surface area (Å²) in [5, 5.41) is 10.7. The zero-order valence-corrected chi connectivity index (χ0v) is 17.3. The molecule has 4 rings (SSSR count). The highest BCUT2D eigenvalue weighted by atomic mass is 35.5. The Labute approximate surface area is 180 Å². The molecule has 0 bridgehead atoms. The maximum atomic E-state index is 12.8. The van der Waals surface area contributed by atoms with Crippen molar-refractivity contribution >= 4 is 23.4 Å². The fourth-order valence-electron chi connectivity index (χ4n) is 3.66. The van der Waals surface area contributed by atoms with Crippen molar-refractivity contribution in [3.63, 3.8) is 0 Å². The zero-order valence-electron chi connectivity index (χ0n) is 16.5. The monoisotopic (exact) mass is 422 g/mol. The lowest BCUT2D eigenvalue weighted by Crippen LogP contribution is -2.38. The van der Waals surface area contributed by atoms with Gasteiger partial charge < -0.3 is 10.2 Å². The van der Waals surface area contributed by atoms with Gasteiger partial charge in [0.2, 0.25) is 5.91 Å². The van der Waals surface area contributed by atoms with Gasteiger partial charge in [-0.15, -0.1) is 0 Å². The maximum Gasteiger partial charge on any atom is 0.272 e. The fraction of sp³-hybridized carbons (Fsp3) is 0.261. The number of rotatable bonds is 6. The van der Waals surface area contributed by atoms with Crippen molar-refractivity contribution in [1.82, 2.24) is 20.4 Å². The summed E-state index contributed by atoms with van der Waals surface area (Å²) >= 11 is 6.19.